The van der Waals surface area contributed by atoms with Gasteiger partial charge < -0.3 is 35.5 Å². The summed E-state index contributed by atoms with van der Waals surface area (Å²) in [5.41, 5.74) is 6.20. The van der Waals surface area contributed by atoms with Crippen molar-refractivity contribution in [3.8, 4) is 11.5 Å². The summed E-state index contributed by atoms with van der Waals surface area (Å²) in [7, 11) is 0. The van der Waals surface area contributed by atoms with E-state index in [0.29, 0.717) is 28.4 Å². The van der Waals surface area contributed by atoms with E-state index in [1.165, 1.54) is 70.3 Å². The van der Waals surface area contributed by atoms with Crippen LogP contribution in [-0.4, -0.2) is 61.6 Å². The highest BCUT2D eigenvalue weighted by atomic mass is 19.4. The Hall–Kier alpha value is -9.14. The Balaban J connectivity index is 0.793. The third-order valence-electron chi connectivity index (χ3n) is 13.8. The van der Waals surface area contributed by atoms with Crippen LogP contribution in [0.25, 0.3) is 5.57 Å². The number of benzene rings is 6. The van der Waals surface area contributed by atoms with Gasteiger partial charge >= 0.3 is 36.7 Å². The second-order valence-corrected chi connectivity index (χ2v) is 19.9. The fourth-order valence-corrected chi connectivity index (χ4v) is 9.68. The molecule has 0 aliphatic heterocycles. The molecule has 15 nitrogen and oxygen atoms in total. The first-order chi connectivity index (χ1) is 39.8. The first kappa shape index (κ1) is 60.0. The fourth-order valence-electron chi connectivity index (χ4n) is 9.68. The number of alkyl halides is 6. The number of allylic oxidation sites excluding steroid dienone is 2. The monoisotopic (exact) mass is 1150 g/mol. The number of esters is 2. The van der Waals surface area contributed by atoms with Crippen molar-refractivity contribution < 1.29 is 69.3 Å². The summed E-state index contributed by atoms with van der Waals surface area (Å²) in [4.78, 5) is 81.6. The van der Waals surface area contributed by atoms with Gasteiger partial charge in [-0.2, -0.15) is 0 Å². The minimum atomic E-state index is -4.93. The summed E-state index contributed by atoms with van der Waals surface area (Å²) in [6.45, 7) is -0.341. The van der Waals surface area contributed by atoms with E-state index in [1.54, 1.807) is 36.4 Å². The van der Waals surface area contributed by atoms with E-state index >= 15 is 0 Å². The van der Waals surface area contributed by atoms with Crippen molar-refractivity contribution in [1.82, 2.24) is 10.6 Å². The maximum atomic E-state index is 13.8. The Labute approximate surface area is 475 Å². The summed E-state index contributed by atoms with van der Waals surface area (Å²) in [5.74, 6) is -3.51. The highest BCUT2D eigenvalue weighted by Crippen LogP contribution is 2.35. The zero-order valence-electron chi connectivity index (χ0n) is 45.0. The molecule has 0 aromatic heterocycles. The molecule has 0 unspecified atom stereocenters. The number of halogens is 6. The minimum absolute atomic E-state index is 0.00327. The molecule has 6 aromatic carbocycles. The smallest absolute Gasteiger partial charge is 0.406 e. The van der Waals surface area contributed by atoms with E-state index in [1.807, 2.05) is 36.4 Å². The van der Waals surface area contributed by atoms with Gasteiger partial charge in [0, 0.05) is 59.1 Å². The average Bonchev–Trinajstić information content (AvgIpc) is 3.56. The molecule has 4 N–H and O–H groups in total. The molecule has 0 heterocycles. The zero-order valence-corrected chi connectivity index (χ0v) is 45.0. The molecule has 8 rings (SSSR count). The van der Waals surface area contributed by atoms with E-state index < -0.39 is 60.0 Å². The number of anilines is 4. The molecule has 6 amide bonds. The van der Waals surface area contributed by atoms with Crippen LogP contribution < -0.4 is 40.5 Å². The molecule has 1 fully saturated rings. The summed E-state index contributed by atoms with van der Waals surface area (Å²) in [6.07, 6.45) is 1.35. The van der Waals surface area contributed by atoms with Crippen molar-refractivity contribution in [2.45, 2.75) is 102 Å². The van der Waals surface area contributed by atoms with Crippen LogP contribution in [0.3, 0.4) is 0 Å². The number of carbonyl (C=O) groups is 6. The normalized spacial score (nSPS) is 13.6. The van der Waals surface area contributed by atoms with Crippen molar-refractivity contribution in [3.05, 3.63) is 185 Å². The Bertz CT molecular complexity index is 3260. The molecule has 0 bridgehead atoms. The van der Waals surface area contributed by atoms with Gasteiger partial charge in [0.25, 0.3) is 11.8 Å². The zero-order chi connectivity index (χ0) is 58.9. The van der Waals surface area contributed by atoms with Crippen LogP contribution in [0.4, 0.5) is 58.7 Å². The minimum Gasteiger partial charge on any atom is -0.406 e. The second kappa shape index (κ2) is 28.0. The molecule has 83 heavy (non-hydrogen) atoms. The van der Waals surface area contributed by atoms with Gasteiger partial charge in [0.2, 0.25) is 0 Å². The van der Waals surface area contributed by atoms with Crippen LogP contribution in [-0.2, 0) is 27.4 Å². The van der Waals surface area contributed by atoms with Gasteiger partial charge in [-0.05, 0) is 145 Å². The molecule has 0 spiro atoms. The number of hydrogen-bond acceptors (Lipinski definition) is 9. The van der Waals surface area contributed by atoms with Crippen molar-refractivity contribution in [3.63, 3.8) is 0 Å². The molecule has 1 saturated carbocycles. The maximum absolute atomic E-state index is 13.8. The Kier molecular flexibility index (Phi) is 20.3. The molecule has 0 radical (unpaired) electrons. The predicted octanol–water partition coefficient (Wildman–Crippen LogP) is 14.0. The lowest BCUT2D eigenvalue weighted by Crippen LogP contribution is -2.34. The maximum Gasteiger partial charge on any atom is 0.573 e. The number of ether oxygens (including phenoxy) is 3. The first-order valence-electron chi connectivity index (χ1n) is 27.1. The number of nitrogens with zero attached hydrogens (tertiary/aromatic N) is 2. The van der Waals surface area contributed by atoms with Crippen LogP contribution in [0, 0.1) is 0 Å². The van der Waals surface area contributed by atoms with Crippen molar-refractivity contribution in [1.29, 1.82) is 0 Å². The lowest BCUT2D eigenvalue weighted by atomic mass is 9.84. The molecule has 434 valence electrons. The summed E-state index contributed by atoms with van der Waals surface area (Å²) < 4.78 is 90.6. The third-order valence-corrected chi connectivity index (χ3v) is 13.8. The fraction of sp³-hybridized carbons (Fsp3) is 0.290. The molecule has 2 aliphatic carbocycles. The van der Waals surface area contributed by atoms with Gasteiger partial charge in [0.15, 0.2) is 0 Å². The first-order valence-corrected chi connectivity index (χ1v) is 27.1. The standard InChI is InChI=1S/C62H60F6N6O9/c63-61(64,65)82-53-15-7-13-49(37-53)71-59(79)73(51-29-25-45(26-30-51)43-9-3-1-4-10-43)39-41-17-21-47(22-18-41)57(77)69-35-33-55(75)81-56(76)34-36-70-58(78)48-23-19-42(20-24-48)40-74(52-31-27-46(28-32-52)44-11-5-2-6-12-44)60(80)72-50-14-8-16-54(38-50)83-62(66,67)68/h7-9,13-32,37-38,44H,1-6,10-12,33-36,39-40H2,(H,69,77)(H,70,78)(H,71,79)(H,72,80). The number of urea groups is 2. The van der Waals surface area contributed by atoms with E-state index in [4.69, 9.17) is 4.74 Å². The summed E-state index contributed by atoms with van der Waals surface area (Å²) in [5, 5.41) is 10.5. The van der Waals surface area contributed by atoms with Gasteiger partial charge in [0.1, 0.15) is 11.5 Å². The van der Waals surface area contributed by atoms with Crippen molar-refractivity contribution in [2.75, 3.05) is 33.5 Å². The molecule has 0 atom stereocenters. The van der Waals surface area contributed by atoms with Crippen LogP contribution in [0.5, 0.6) is 11.5 Å². The number of amides is 6. The van der Waals surface area contributed by atoms with E-state index in [0.717, 1.165) is 86.8 Å². The lowest BCUT2D eigenvalue weighted by Gasteiger charge is -2.26. The number of rotatable bonds is 20. The molecule has 0 saturated heterocycles. The number of hydrogen-bond donors (Lipinski definition) is 4. The SMILES string of the molecule is O=C(CCNC(=O)c1ccc(CN(C(=O)Nc2cccc(OC(F)(F)F)c2)c2ccc(C3=CCCCC3)cc2)cc1)OC(=O)CCNC(=O)c1ccc(CN(C(=O)Nc2cccc(OC(F)(F)F)c2)c2ccc(C3CCCCC3)cc2)cc1. The lowest BCUT2D eigenvalue weighted by molar-refractivity contribution is -0.275. The Morgan fingerprint density at radius 3 is 1.41 bits per heavy atom. The predicted molar refractivity (Wildman–Crippen MR) is 300 cm³/mol. The third kappa shape index (κ3) is 18.4. The van der Waals surface area contributed by atoms with Crippen LogP contribution in [0.15, 0.2) is 152 Å². The highest BCUT2D eigenvalue weighted by molar-refractivity contribution is 6.03. The van der Waals surface area contributed by atoms with Gasteiger partial charge in [0.05, 0.1) is 25.9 Å². The highest BCUT2D eigenvalue weighted by Gasteiger charge is 2.32. The van der Waals surface area contributed by atoms with Crippen molar-refractivity contribution in [2.24, 2.45) is 0 Å². The van der Waals surface area contributed by atoms with Crippen molar-refractivity contribution >= 4 is 64.1 Å². The van der Waals surface area contributed by atoms with E-state index in [2.05, 4.69) is 36.8 Å². The molecule has 21 heteroatoms. The average molecular weight is 1150 g/mol. The topological polar surface area (TPSA) is 185 Å². The van der Waals surface area contributed by atoms with Gasteiger partial charge in [-0.3, -0.25) is 29.0 Å². The molecule has 2 aliphatic rings. The van der Waals surface area contributed by atoms with E-state index in [-0.39, 0.29) is 61.5 Å². The van der Waals surface area contributed by atoms with Gasteiger partial charge in [-0.25, -0.2) is 9.59 Å². The quantitative estimate of drug-likeness (QED) is 0.0328. The number of carbonyl (C=O) groups excluding carboxylic acids is 6. The molecular weight excluding hydrogens is 1090 g/mol. The van der Waals surface area contributed by atoms with Crippen LogP contribution in [0.2, 0.25) is 0 Å². The second-order valence-electron chi connectivity index (χ2n) is 19.9. The Morgan fingerprint density at radius 2 is 0.976 bits per heavy atom. The molecule has 6 aromatic rings. The van der Waals surface area contributed by atoms with Crippen LogP contribution in [0.1, 0.15) is 120 Å². The number of nitrogens with one attached hydrogen (secondary N) is 4. The Morgan fingerprint density at radius 1 is 0.518 bits per heavy atom. The summed E-state index contributed by atoms with van der Waals surface area (Å²) in [6, 6.07) is 36.2. The van der Waals surface area contributed by atoms with Gasteiger partial charge in [-0.15, -0.1) is 26.3 Å². The molecular formula is C62H60F6N6O9. The largest absolute Gasteiger partial charge is 0.573 e. The van der Waals surface area contributed by atoms with E-state index in [9.17, 15) is 55.1 Å². The van der Waals surface area contributed by atoms with Gasteiger partial charge in [-0.1, -0.05) is 86.0 Å². The van der Waals surface area contributed by atoms with Crippen LogP contribution >= 0.6 is 0 Å². The summed E-state index contributed by atoms with van der Waals surface area (Å²) >= 11 is 0.